The molecule has 3 atom stereocenters. The van der Waals surface area contributed by atoms with Gasteiger partial charge in [0.1, 0.15) is 18.1 Å². The lowest BCUT2D eigenvalue weighted by Crippen LogP contribution is -2.58. The average molecular weight is 508 g/mol. The molecule has 3 amide bonds. The maximum atomic E-state index is 13.2. The van der Waals surface area contributed by atoms with Crippen LogP contribution in [0.3, 0.4) is 0 Å². The summed E-state index contributed by atoms with van der Waals surface area (Å²) in [5.41, 5.74) is 7.85. The van der Waals surface area contributed by atoms with Crippen LogP contribution in [0.15, 0.2) is 60.8 Å². The highest BCUT2D eigenvalue weighted by atomic mass is 16.4. The monoisotopic (exact) mass is 507 g/mol. The van der Waals surface area contributed by atoms with E-state index < -0.39 is 41.8 Å². The molecule has 0 aliphatic heterocycles. The van der Waals surface area contributed by atoms with Crippen molar-refractivity contribution in [2.75, 3.05) is 6.54 Å². The second-order valence-corrected chi connectivity index (χ2v) is 9.21. The van der Waals surface area contributed by atoms with Crippen LogP contribution in [0.5, 0.6) is 0 Å². The van der Waals surface area contributed by atoms with Gasteiger partial charge >= 0.3 is 5.97 Å². The lowest BCUT2D eigenvalue weighted by Gasteiger charge is -2.26. The van der Waals surface area contributed by atoms with Crippen LogP contribution in [-0.2, 0) is 32.0 Å². The fourth-order valence-corrected chi connectivity index (χ4v) is 4.08. The van der Waals surface area contributed by atoms with E-state index in [4.69, 9.17) is 5.73 Å². The molecule has 3 aromatic rings. The first-order valence-electron chi connectivity index (χ1n) is 12.1. The summed E-state index contributed by atoms with van der Waals surface area (Å²) in [6, 6.07) is 13.4. The molecule has 0 spiro atoms. The summed E-state index contributed by atoms with van der Waals surface area (Å²) in [6.07, 6.45) is 1.99. The Balaban J connectivity index is 1.74. The van der Waals surface area contributed by atoms with Crippen LogP contribution < -0.4 is 21.7 Å². The van der Waals surface area contributed by atoms with Crippen molar-refractivity contribution in [3.8, 4) is 0 Å². The Morgan fingerprint density at radius 2 is 1.54 bits per heavy atom. The normalized spacial score (nSPS) is 13.5. The largest absolute Gasteiger partial charge is 0.480 e. The number of rotatable bonds is 12. The van der Waals surface area contributed by atoms with Crippen LogP contribution >= 0.6 is 0 Å². The number of hydrogen-bond donors (Lipinski definition) is 6. The van der Waals surface area contributed by atoms with E-state index in [0.29, 0.717) is 0 Å². The van der Waals surface area contributed by atoms with Crippen LogP contribution in [0.2, 0.25) is 0 Å². The number of nitrogens with one attached hydrogen (secondary N) is 4. The highest BCUT2D eigenvalue weighted by Crippen LogP contribution is 2.19. The SMILES string of the molecule is CC(C)C(NC(=O)C(Cc1ccccc1)NC(=O)CN)C(=O)NC(Cc1c[nH]c2ccccc12)C(=O)O. The Hall–Kier alpha value is -4.18. The number of benzene rings is 2. The molecule has 0 saturated carbocycles. The third kappa shape index (κ3) is 7.40. The molecule has 0 saturated heterocycles. The third-order valence-electron chi connectivity index (χ3n) is 6.08. The molecule has 0 aliphatic carbocycles. The van der Waals surface area contributed by atoms with Crippen molar-refractivity contribution >= 4 is 34.6 Å². The highest BCUT2D eigenvalue weighted by molar-refractivity contribution is 5.94. The molecule has 0 radical (unpaired) electrons. The zero-order chi connectivity index (χ0) is 26.9. The van der Waals surface area contributed by atoms with E-state index in [1.54, 1.807) is 20.0 Å². The van der Waals surface area contributed by atoms with E-state index >= 15 is 0 Å². The van der Waals surface area contributed by atoms with Gasteiger partial charge in [-0.25, -0.2) is 4.79 Å². The minimum atomic E-state index is -1.21. The van der Waals surface area contributed by atoms with Crippen LogP contribution in [-0.4, -0.2) is 58.5 Å². The van der Waals surface area contributed by atoms with E-state index in [2.05, 4.69) is 20.9 Å². The van der Waals surface area contributed by atoms with E-state index in [0.717, 1.165) is 22.0 Å². The van der Waals surface area contributed by atoms with Gasteiger partial charge in [0.2, 0.25) is 17.7 Å². The zero-order valence-corrected chi connectivity index (χ0v) is 20.9. The molecular formula is C27H33N5O5. The maximum absolute atomic E-state index is 13.2. The van der Waals surface area contributed by atoms with Gasteiger partial charge in [0, 0.05) is 29.9 Å². The predicted molar refractivity (Wildman–Crippen MR) is 139 cm³/mol. The number of aromatic nitrogens is 1. The summed E-state index contributed by atoms with van der Waals surface area (Å²) in [6.45, 7) is 3.19. The maximum Gasteiger partial charge on any atom is 0.326 e. The second kappa shape index (κ2) is 12.7. The minimum Gasteiger partial charge on any atom is -0.480 e. The number of aromatic amines is 1. The summed E-state index contributed by atoms with van der Waals surface area (Å²) < 4.78 is 0. The molecule has 0 bridgehead atoms. The predicted octanol–water partition coefficient (Wildman–Crippen LogP) is 1.11. The number of H-pyrrole nitrogens is 1. The van der Waals surface area contributed by atoms with Crippen molar-refractivity contribution in [2.24, 2.45) is 11.7 Å². The number of aliphatic carboxylic acids is 1. The molecule has 1 heterocycles. The van der Waals surface area contributed by atoms with Gasteiger partial charge < -0.3 is 31.8 Å². The summed E-state index contributed by atoms with van der Waals surface area (Å²) >= 11 is 0. The van der Waals surface area contributed by atoms with Crippen molar-refractivity contribution in [2.45, 2.75) is 44.8 Å². The summed E-state index contributed by atoms with van der Waals surface area (Å²) in [4.78, 5) is 53.4. The minimum absolute atomic E-state index is 0.0625. The Morgan fingerprint density at radius 3 is 2.19 bits per heavy atom. The lowest BCUT2D eigenvalue weighted by atomic mass is 9.99. The van der Waals surface area contributed by atoms with Crippen molar-refractivity contribution in [1.82, 2.24) is 20.9 Å². The molecule has 37 heavy (non-hydrogen) atoms. The van der Waals surface area contributed by atoms with Crippen LogP contribution in [0.4, 0.5) is 0 Å². The molecule has 7 N–H and O–H groups in total. The van der Waals surface area contributed by atoms with E-state index in [-0.39, 0.29) is 25.3 Å². The molecule has 1 aromatic heterocycles. The smallest absolute Gasteiger partial charge is 0.326 e. The number of carboxylic acids is 1. The first-order chi connectivity index (χ1) is 17.7. The highest BCUT2D eigenvalue weighted by Gasteiger charge is 2.31. The molecular weight excluding hydrogens is 474 g/mol. The number of carbonyl (C=O) groups excluding carboxylic acids is 3. The molecule has 3 rings (SSSR count). The number of fused-ring (bicyclic) bond motifs is 1. The van der Waals surface area contributed by atoms with Crippen molar-refractivity contribution in [1.29, 1.82) is 0 Å². The van der Waals surface area contributed by atoms with Crippen LogP contribution in [0, 0.1) is 5.92 Å². The topological polar surface area (TPSA) is 166 Å². The fraction of sp³-hybridized carbons (Fsp3) is 0.333. The van der Waals surface area contributed by atoms with E-state index in [9.17, 15) is 24.3 Å². The van der Waals surface area contributed by atoms with Crippen molar-refractivity contribution in [3.63, 3.8) is 0 Å². The quantitative estimate of drug-likeness (QED) is 0.215. The van der Waals surface area contributed by atoms with Gasteiger partial charge in [-0.1, -0.05) is 62.4 Å². The summed E-state index contributed by atoms with van der Waals surface area (Å²) in [7, 11) is 0. The number of carboxylic acid groups (broad SMARTS) is 1. The molecule has 3 unspecified atom stereocenters. The van der Waals surface area contributed by atoms with Gasteiger partial charge in [-0.2, -0.15) is 0 Å². The molecule has 196 valence electrons. The zero-order valence-electron chi connectivity index (χ0n) is 20.9. The molecule has 0 fully saturated rings. The molecule has 0 aliphatic rings. The Morgan fingerprint density at radius 1 is 0.865 bits per heavy atom. The molecule has 10 nitrogen and oxygen atoms in total. The number of amides is 3. The third-order valence-corrected chi connectivity index (χ3v) is 6.08. The average Bonchev–Trinajstić information content (AvgIpc) is 3.29. The lowest BCUT2D eigenvalue weighted by molar-refractivity contribution is -0.142. The van der Waals surface area contributed by atoms with Gasteiger partial charge in [-0.05, 0) is 23.1 Å². The number of para-hydroxylation sites is 1. The Labute approximate surface area is 215 Å². The van der Waals surface area contributed by atoms with Gasteiger partial charge in [-0.15, -0.1) is 0 Å². The second-order valence-electron chi connectivity index (χ2n) is 9.21. The fourth-order valence-electron chi connectivity index (χ4n) is 4.08. The van der Waals surface area contributed by atoms with Gasteiger partial charge in [0.15, 0.2) is 0 Å². The first kappa shape index (κ1) is 27.4. The van der Waals surface area contributed by atoms with Gasteiger partial charge in [-0.3, -0.25) is 14.4 Å². The first-order valence-corrected chi connectivity index (χ1v) is 12.1. The van der Waals surface area contributed by atoms with E-state index in [1.807, 2.05) is 54.6 Å². The molecule has 10 heteroatoms. The van der Waals surface area contributed by atoms with Gasteiger partial charge in [0.25, 0.3) is 0 Å². The number of nitrogens with two attached hydrogens (primary N) is 1. The summed E-state index contributed by atoms with van der Waals surface area (Å²) in [5, 5.41) is 18.5. The number of hydrogen-bond acceptors (Lipinski definition) is 5. The van der Waals surface area contributed by atoms with Crippen LogP contribution in [0.1, 0.15) is 25.0 Å². The Kier molecular flexibility index (Phi) is 9.39. The van der Waals surface area contributed by atoms with Crippen molar-refractivity contribution < 1.29 is 24.3 Å². The van der Waals surface area contributed by atoms with E-state index in [1.165, 1.54) is 0 Å². The summed E-state index contributed by atoms with van der Waals surface area (Å²) in [5.74, 6) is -3.24. The van der Waals surface area contributed by atoms with Crippen molar-refractivity contribution in [3.05, 3.63) is 71.9 Å². The van der Waals surface area contributed by atoms with Crippen LogP contribution in [0.25, 0.3) is 10.9 Å². The Bertz CT molecular complexity index is 1240. The van der Waals surface area contributed by atoms with Gasteiger partial charge in [0.05, 0.1) is 6.54 Å². The molecule has 2 aromatic carbocycles. The standard InChI is InChI=1S/C27H33N5O5/c1-16(2)24(32-25(34)21(30-23(33)14-28)12-17-8-4-3-5-9-17)26(35)31-22(27(36)37)13-18-15-29-20-11-7-6-10-19(18)20/h3-11,15-16,21-22,24,29H,12-14,28H2,1-2H3,(H,30,33)(H,31,35)(H,32,34)(H,36,37). The number of carbonyl (C=O) groups is 4.